The number of phenolic OH excluding ortho intramolecular Hbond substituents is 1. The van der Waals surface area contributed by atoms with Crippen LogP contribution < -0.4 is 10.6 Å². The molecule has 0 saturated carbocycles. The molecule has 7 nitrogen and oxygen atoms in total. The van der Waals surface area contributed by atoms with E-state index in [-0.39, 0.29) is 5.75 Å². The Morgan fingerprint density at radius 2 is 1.38 bits per heavy atom. The van der Waals surface area contributed by atoms with Crippen molar-refractivity contribution in [3.8, 4) is 5.75 Å². The van der Waals surface area contributed by atoms with Crippen LogP contribution in [0, 0.1) is 0 Å². The molecule has 1 aromatic rings. The van der Waals surface area contributed by atoms with Gasteiger partial charge in [0.25, 0.3) is 0 Å². The number of benzene rings is 1. The van der Waals surface area contributed by atoms with Crippen molar-refractivity contribution in [2.45, 2.75) is 64.6 Å². The highest BCUT2D eigenvalue weighted by molar-refractivity contribution is 5.75. The number of para-hydroxylation sites is 1. The van der Waals surface area contributed by atoms with E-state index in [1.54, 1.807) is 12.1 Å². The summed E-state index contributed by atoms with van der Waals surface area (Å²) < 4.78 is 10.8. The van der Waals surface area contributed by atoms with Gasteiger partial charge < -0.3 is 35.4 Å². The summed E-state index contributed by atoms with van der Waals surface area (Å²) in [6.45, 7) is 7.66. The van der Waals surface area contributed by atoms with Crippen molar-refractivity contribution in [3.63, 3.8) is 0 Å². The molecule has 0 bridgehead atoms. The molecule has 0 spiro atoms. The molecule has 1 rings (SSSR count). The molecule has 5 N–H and O–H groups in total. The summed E-state index contributed by atoms with van der Waals surface area (Å²) in [5, 5.41) is 36.8. The Kier molecular flexibility index (Phi) is 14.3. The molecular weight excluding hydrogens is 372 g/mol. The van der Waals surface area contributed by atoms with Crippen molar-refractivity contribution < 1.29 is 24.8 Å². The zero-order chi connectivity index (χ0) is 21.3. The summed E-state index contributed by atoms with van der Waals surface area (Å²) in [6, 6.07) is 5.18. The number of aliphatic hydroxyl groups is 2. The van der Waals surface area contributed by atoms with E-state index in [0.717, 1.165) is 38.9 Å². The fourth-order valence-corrected chi connectivity index (χ4v) is 2.86. The normalized spacial score (nSPS) is 13.2. The summed E-state index contributed by atoms with van der Waals surface area (Å²) in [4.78, 5) is 0. The first-order valence-electron chi connectivity index (χ1n) is 10.9. The summed E-state index contributed by atoms with van der Waals surface area (Å²) >= 11 is 0. The SMILES string of the molecule is CCCOCCCC(O)CNc1cccc(O)c1NCC(O)CCCOCCC. The number of aliphatic hydroxyl groups excluding tert-OH is 2. The quantitative estimate of drug-likeness (QED) is 0.186. The van der Waals surface area contributed by atoms with Gasteiger partial charge in [-0.3, -0.25) is 0 Å². The molecule has 0 aliphatic heterocycles. The number of hydrogen-bond donors (Lipinski definition) is 5. The highest BCUT2D eigenvalue weighted by atomic mass is 16.5. The fraction of sp³-hybridized carbons (Fsp3) is 0.727. The Balaban J connectivity index is 2.38. The van der Waals surface area contributed by atoms with Crippen LogP contribution in [0.5, 0.6) is 5.75 Å². The molecule has 0 heterocycles. The van der Waals surface area contributed by atoms with Crippen LogP contribution in [0.25, 0.3) is 0 Å². The van der Waals surface area contributed by atoms with Crippen molar-refractivity contribution >= 4 is 11.4 Å². The Morgan fingerprint density at radius 1 is 0.828 bits per heavy atom. The summed E-state index contributed by atoms with van der Waals surface area (Å²) in [7, 11) is 0. The zero-order valence-corrected chi connectivity index (χ0v) is 18.0. The van der Waals surface area contributed by atoms with Crippen molar-refractivity contribution in [2.75, 3.05) is 50.2 Å². The maximum absolute atomic E-state index is 10.2. The van der Waals surface area contributed by atoms with E-state index in [4.69, 9.17) is 9.47 Å². The minimum Gasteiger partial charge on any atom is -0.506 e. The molecule has 29 heavy (non-hydrogen) atoms. The van der Waals surface area contributed by atoms with Gasteiger partial charge in [-0.1, -0.05) is 19.9 Å². The third-order valence-corrected chi connectivity index (χ3v) is 4.43. The average molecular weight is 413 g/mol. The van der Waals surface area contributed by atoms with Gasteiger partial charge >= 0.3 is 0 Å². The van der Waals surface area contributed by atoms with Crippen LogP contribution in [-0.4, -0.2) is 67.0 Å². The number of rotatable bonds is 18. The second-order valence-corrected chi connectivity index (χ2v) is 7.28. The second kappa shape index (κ2) is 16.3. The van der Waals surface area contributed by atoms with Crippen molar-refractivity contribution in [1.82, 2.24) is 0 Å². The van der Waals surface area contributed by atoms with E-state index >= 15 is 0 Å². The summed E-state index contributed by atoms with van der Waals surface area (Å²) in [5.74, 6) is 0.107. The van der Waals surface area contributed by atoms with Crippen LogP contribution in [0.1, 0.15) is 52.4 Å². The third kappa shape index (κ3) is 11.9. The molecule has 0 amide bonds. The predicted molar refractivity (Wildman–Crippen MR) is 118 cm³/mol. The number of nitrogens with one attached hydrogen (secondary N) is 2. The van der Waals surface area contributed by atoms with E-state index in [1.165, 1.54) is 0 Å². The van der Waals surface area contributed by atoms with Gasteiger partial charge in [0, 0.05) is 39.5 Å². The molecule has 0 saturated heterocycles. The largest absolute Gasteiger partial charge is 0.506 e. The first-order chi connectivity index (χ1) is 14.1. The Morgan fingerprint density at radius 3 is 1.93 bits per heavy atom. The lowest BCUT2D eigenvalue weighted by Crippen LogP contribution is -2.22. The fourth-order valence-electron chi connectivity index (χ4n) is 2.86. The Labute approximate surface area is 175 Å². The first-order valence-corrected chi connectivity index (χ1v) is 10.9. The molecular formula is C22H40N2O5. The second-order valence-electron chi connectivity index (χ2n) is 7.28. The first kappa shape index (κ1) is 25.5. The Bertz CT molecular complexity index is 530. The minimum absolute atomic E-state index is 0.107. The highest BCUT2D eigenvalue weighted by Gasteiger charge is 2.12. The number of aromatic hydroxyl groups is 1. The van der Waals surface area contributed by atoms with Crippen LogP contribution in [0.4, 0.5) is 11.4 Å². The van der Waals surface area contributed by atoms with Crippen LogP contribution in [-0.2, 0) is 9.47 Å². The van der Waals surface area contributed by atoms with Crippen molar-refractivity contribution in [2.24, 2.45) is 0 Å². The van der Waals surface area contributed by atoms with Crippen LogP contribution in [0.15, 0.2) is 18.2 Å². The lowest BCUT2D eigenvalue weighted by molar-refractivity contribution is 0.110. The van der Waals surface area contributed by atoms with Gasteiger partial charge in [0.1, 0.15) is 11.4 Å². The van der Waals surface area contributed by atoms with Crippen LogP contribution >= 0.6 is 0 Å². The number of phenols is 1. The molecule has 168 valence electrons. The minimum atomic E-state index is -0.526. The number of ether oxygens (including phenoxy) is 2. The van der Waals surface area contributed by atoms with Gasteiger partial charge in [0.2, 0.25) is 0 Å². The molecule has 0 aromatic heterocycles. The topological polar surface area (TPSA) is 103 Å². The lowest BCUT2D eigenvalue weighted by Gasteiger charge is -2.19. The third-order valence-electron chi connectivity index (χ3n) is 4.43. The molecule has 2 unspecified atom stereocenters. The van der Waals surface area contributed by atoms with Crippen molar-refractivity contribution in [1.29, 1.82) is 0 Å². The Hall–Kier alpha value is -1.54. The maximum atomic E-state index is 10.2. The van der Waals surface area contributed by atoms with E-state index in [2.05, 4.69) is 24.5 Å². The average Bonchev–Trinajstić information content (AvgIpc) is 2.71. The maximum Gasteiger partial charge on any atom is 0.140 e. The molecule has 0 radical (unpaired) electrons. The molecule has 1 aromatic carbocycles. The summed E-state index contributed by atoms with van der Waals surface area (Å²) in [5.41, 5.74) is 1.23. The zero-order valence-electron chi connectivity index (χ0n) is 18.0. The standard InChI is InChI=1S/C22H40N2O5/c1-3-12-28-14-6-8-18(25)16-23-20-10-5-11-21(27)22(20)24-17-19(26)9-7-15-29-13-4-2/h5,10-11,18-19,23-27H,3-4,6-9,12-17H2,1-2H3. The van der Waals surface area contributed by atoms with E-state index in [1.807, 2.05) is 6.07 Å². The van der Waals surface area contributed by atoms with E-state index in [9.17, 15) is 15.3 Å². The molecule has 0 aliphatic carbocycles. The van der Waals surface area contributed by atoms with Gasteiger partial charge in [-0.2, -0.15) is 0 Å². The highest BCUT2D eigenvalue weighted by Crippen LogP contribution is 2.31. The lowest BCUT2D eigenvalue weighted by atomic mass is 10.1. The molecule has 7 heteroatoms. The van der Waals surface area contributed by atoms with E-state index < -0.39 is 12.2 Å². The molecule has 2 atom stereocenters. The van der Waals surface area contributed by atoms with Gasteiger partial charge in [0.05, 0.1) is 17.9 Å². The van der Waals surface area contributed by atoms with Gasteiger partial charge in [-0.25, -0.2) is 0 Å². The molecule has 0 fully saturated rings. The van der Waals surface area contributed by atoms with Gasteiger partial charge in [-0.05, 0) is 50.7 Å². The molecule has 0 aliphatic rings. The van der Waals surface area contributed by atoms with Crippen LogP contribution in [0.2, 0.25) is 0 Å². The monoisotopic (exact) mass is 412 g/mol. The number of anilines is 2. The van der Waals surface area contributed by atoms with Gasteiger partial charge in [-0.15, -0.1) is 0 Å². The number of hydrogen-bond acceptors (Lipinski definition) is 7. The summed E-state index contributed by atoms with van der Waals surface area (Å²) in [6.07, 6.45) is 3.85. The van der Waals surface area contributed by atoms with Crippen LogP contribution in [0.3, 0.4) is 0 Å². The smallest absolute Gasteiger partial charge is 0.140 e. The van der Waals surface area contributed by atoms with Crippen molar-refractivity contribution in [3.05, 3.63) is 18.2 Å². The van der Waals surface area contributed by atoms with Gasteiger partial charge in [0.15, 0.2) is 0 Å². The predicted octanol–water partition coefficient (Wildman–Crippen LogP) is 3.35. The van der Waals surface area contributed by atoms with E-state index in [0.29, 0.717) is 50.5 Å².